The summed E-state index contributed by atoms with van der Waals surface area (Å²) in [5.74, 6) is 0.568. The standard InChI is InChI=1S/C43H26N2O3/c1-2-9-27(10-3-1)28-17-19-29(20-18-28)45(31-21-23-33-32-11-4-6-14-37(32)47-41(33)26-31)30-22-24-38-35(25-30)42-34(12-8-16-40(42)46-38)43-44-36-13-5-7-15-39(36)48-43/h1-26H. The Morgan fingerprint density at radius 1 is 0.396 bits per heavy atom. The lowest BCUT2D eigenvalue weighted by Crippen LogP contribution is -2.09. The molecule has 3 aromatic heterocycles. The molecule has 0 N–H and O–H groups in total. The second-order valence-electron chi connectivity index (χ2n) is 12.0. The zero-order chi connectivity index (χ0) is 31.6. The van der Waals surface area contributed by atoms with E-state index < -0.39 is 0 Å². The predicted molar refractivity (Wildman–Crippen MR) is 194 cm³/mol. The SMILES string of the molecule is c1ccc(-c2ccc(N(c3ccc4c(c3)oc3ccccc34)c3ccc4oc5cccc(-c6nc7ccccc7o6)c5c4c3)cc2)cc1. The number of aromatic nitrogens is 1. The molecule has 0 bridgehead atoms. The van der Waals surface area contributed by atoms with Gasteiger partial charge in [0.05, 0.1) is 0 Å². The first-order chi connectivity index (χ1) is 23.8. The molecule has 0 fully saturated rings. The maximum absolute atomic E-state index is 6.39. The first-order valence-corrected chi connectivity index (χ1v) is 15.9. The lowest BCUT2D eigenvalue weighted by Gasteiger charge is -2.25. The van der Waals surface area contributed by atoms with Crippen molar-refractivity contribution in [3.05, 3.63) is 158 Å². The molecule has 10 aromatic rings. The maximum Gasteiger partial charge on any atom is 0.228 e. The van der Waals surface area contributed by atoms with Crippen LogP contribution >= 0.6 is 0 Å². The van der Waals surface area contributed by atoms with E-state index in [9.17, 15) is 0 Å². The summed E-state index contributed by atoms with van der Waals surface area (Å²) in [6, 6.07) is 54.0. The molecule has 0 amide bonds. The number of para-hydroxylation sites is 3. The molecule has 226 valence electrons. The fourth-order valence-electron chi connectivity index (χ4n) is 6.85. The van der Waals surface area contributed by atoms with E-state index in [2.05, 4.69) is 89.8 Å². The maximum atomic E-state index is 6.39. The zero-order valence-electron chi connectivity index (χ0n) is 25.6. The first-order valence-electron chi connectivity index (χ1n) is 15.9. The molecular weight excluding hydrogens is 592 g/mol. The zero-order valence-corrected chi connectivity index (χ0v) is 25.6. The molecule has 0 aliphatic heterocycles. The first kappa shape index (κ1) is 26.6. The number of anilines is 3. The van der Waals surface area contributed by atoms with Gasteiger partial charge in [0.1, 0.15) is 27.8 Å². The molecule has 0 radical (unpaired) electrons. The van der Waals surface area contributed by atoms with Gasteiger partial charge in [0.25, 0.3) is 0 Å². The van der Waals surface area contributed by atoms with Crippen molar-refractivity contribution in [3.8, 4) is 22.6 Å². The van der Waals surface area contributed by atoms with E-state index in [0.717, 1.165) is 83.2 Å². The van der Waals surface area contributed by atoms with Gasteiger partial charge in [-0.2, -0.15) is 0 Å². The fraction of sp³-hybridized carbons (Fsp3) is 0. The number of rotatable bonds is 5. The average Bonchev–Trinajstić information content (AvgIpc) is 3.85. The highest BCUT2D eigenvalue weighted by molar-refractivity contribution is 6.13. The van der Waals surface area contributed by atoms with E-state index in [0.29, 0.717) is 5.89 Å². The van der Waals surface area contributed by atoms with Gasteiger partial charge in [-0.3, -0.25) is 0 Å². The minimum atomic E-state index is 0.568. The van der Waals surface area contributed by atoms with Crippen molar-refractivity contribution >= 4 is 72.0 Å². The van der Waals surface area contributed by atoms with Crippen LogP contribution in [0.1, 0.15) is 0 Å². The van der Waals surface area contributed by atoms with Gasteiger partial charge in [-0.05, 0) is 83.9 Å². The number of furan rings is 2. The van der Waals surface area contributed by atoms with Gasteiger partial charge in [-0.25, -0.2) is 4.98 Å². The molecule has 0 spiro atoms. The van der Waals surface area contributed by atoms with Crippen molar-refractivity contribution in [3.63, 3.8) is 0 Å². The minimum absolute atomic E-state index is 0.568. The normalized spacial score (nSPS) is 11.8. The molecule has 10 rings (SSSR count). The Morgan fingerprint density at radius 3 is 1.92 bits per heavy atom. The van der Waals surface area contributed by atoms with Crippen LogP contribution in [-0.4, -0.2) is 4.98 Å². The number of oxazole rings is 1. The van der Waals surface area contributed by atoms with Crippen molar-refractivity contribution in [1.29, 1.82) is 0 Å². The van der Waals surface area contributed by atoms with Gasteiger partial charge in [0.15, 0.2) is 5.58 Å². The number of hydrogen-bond acceptors (Lipinski definition) is 5. The highest BCUT2D eigenvalue weighted by Gasteiger charge is 2.20. The molecule has 5 heteroatoms. The Balaban J connectivity index is 1.17. The number of benzene rings is 7. The highest BCUT2D eigenvalue weighted by atomic mass is 16.4. The van der Waals surface area contributed by atoms with E-state index in [4.69, 9.17) is 18.2 Å². The molecule has 3 heterocycles. The van der Waals surface area contributed by atoms with E-state index in [1.165, 1.54) is 5.56 Å². The Morgan fingerprint density at radius 2 is 1.04 bits per heavy atom. The molecule has 48 heavy (non-hydrogen) atoms. The third-order valence-electron chi connectivity index (χ3n) is 9.11. The van der Waals surface area contributed by atoms with Crippen LogP contribution < -0.4 is 4.90 Å². The Bertz CT molecular complexity index is 2760. The van der Waals surface area contributed by atoms with Crippen molar-refractivity contribution in [2.45, 2.75) is 0 Å². The quantitative estimate of drug-likeness (QED) is 0.192. The molecule has 0 aliphatic carbocycles. The van der Waals surface area contributed by atoms with Crippen LogP contribution in [0.4, 0.5) is 17.1 Å². The van der Waals surface area contributed by atoms with Crippen molar-refractivity contribution < 1.29 is 13.3 Å². The summed E-state index contributed by atoms with van der Waals surface area (Å²) in [6.07, 6.45) is 0. The van der Waals surface area contributed by atoms with Gasteiger partial charge in [0, 0.05) is 50.2 Å². The average molecular weight is 619 g/mol. The second kappa shape index (κ2) is 10.5. The van der Waals surface area contributed by atoms with Crippen LogP contribution in [0, 0.1) is 0 Å². The Hall–Kier alpha value is -6.59. The lowest BCUT2D eigenvalue weighted by atomic mass is 10.0. The molecule has 7 aromatic carbocycles. The number of fused-ring (bicyclic) bond motifs is 7. The number of hydrogen-bond donors (Lipinski definition) is 0. The van der Waals surface area contributed by atoms with E-state index in [1.807, 2.05) is 72.8 Å². The summed E-state index contributed by atoms with van der Waals surface area (Å²) in [6.45, 7) is 0. The van der Waals surface area contributed by atoms with E-state index in [-0.39, 0.29) is 0 Å². The highest BCUT2D eigenvalue weighted by Crippen LogP contribution is 2.43. The Labute approximate surface area is 274 Å². The number of nitrogens with zero attached hydrogens (tertiary/aromatic N) is 2. The smallest absolute Gasteiger partial charge is 0.228 e. The van der Waals surface area contributed by atoms with Gasteiger partial charge >= 0.3 is 0 Å². The van der Waals surface area contributed by atoms with Gasteiger partial charge < -0.3 is 18.2 Å². The summed E-state index contributed by atoms with van der Waals surface area (Å²) in [5.41, 5.74) is 11.1. The van der Waals surface area contributed by atoms with Crippen LogP contribution in [0.2, 0.25) is 0 Å². The third kappa shape index (κ3) is 4.22. The Kier molecular flexibility index (Phi) is 5.81. The van der Waals surface area contributed by atoms with Gasteiger partial charge in [-0.15, -0.1) is 0 Å². The third-order valence-corrected chi connectivity index (χ3v) is 9.11. The van der Waals surface area contributed by atoms with Gasteiger partial charge in [0.2, 0.25) is 5.89 Å². The molecule has 0 atom stereocenters. The minimum Gasteiger partial charge on any atom is -0.456 e. The van der Waals surface area contributed by atoms with E-state index in [1.54, 1.807) is 0 Å². The van der Waals surface area contributed by atoms with Crippen LogP contribution in [0.15, 0.2) is 171 Å². The fourth-order valence-corrected chi connectivity index (χ4v) is 6.85. The van der Waals surface area contributed by atoms with Crippen molar-refractivity contribution in [2.75, 3.05) is 4.90 Å². The van der Waals surface area contributed by atoms with Crippen LogP contribution in [0.3, 0.4) is 0 Å². The van der Waals surface area contributed by atoms with Crippen molar-refractivity contribution in [2.24, 2.45) is 0 Å². The van der Waals surface area contributed by atoms with Crippen LogP contribution in [-0.2, 0) is 0 Å². The van der Waals surface area contributed by atoms with Crippen molar-refractivity contribution in [1.82, 2.24) is 4.98 Å². The predicted octanol–water partition coefficient (Wildman–Crippen LogP) is 12.4. The molecule has 5 nitrogen and oxygen atoms in total. The summed E-state index contributed by atoms with van der Waals surface area (Å²) in [5, 5.41) is 4.15. The molecule has 0 saturated heterocycles. The summed E-state index contributed by atoms with van der Waals surface area (Å²) < 4.78 is 19.0. The molecule has 0 unspecified atom stereocenters. The van der Waals surface area contributed by atoms with E-state index >= 15 is 0 Å². The lowest BCUT2D eigenvalue weighted by molar-refractivity contribution is 0.620. The van der Waals surface area contributed by atoms with Crippen LogP contribution in [0.25, 0.3) is 77.6 Å². The monoisotopic (exact) mass is 618 g/mol. The summed E-state index contributed by atoms with van der Waals surface area (Å²) >= 11 is 0. The second-order valence-corrected chi connectivity index (χ2v) is 12.0. The molecule has 0 saturated carbocycles. The van der Waals surface area contributed by atoms with Gasteiger partial charge in [-0.1, -0.05) is 78.9 Å². The summed E-state index contributed by atoms with van der Waals surface area (Å²) in [4.78, 5) is 7.09. The molecular formula is C43H26N2O3. The summed E-state index contributed by atoms with van der Waals surface area (Å²) in [7, 11) is 0. The largest absolute Gasteiger partial charge is 0.456 e. The molecule has 0 aliphatic rings. The van der Waals surface area contributed by atoms with Crippen LogP contribution in [0.5, 0.6) is 0 Å². The topological polar surface area (TPSA) is 55.6 Å².